The van der Waals surface area contributed by atoms with Gasteiger partial charge in [0.05, 0.1) is 17.1 Å². The van der Waals surface area contributed by atoms with Gasteiger partial charge in [0, 0.05) is 42.8 Å². The van der Waals surface area contributed by atoms with Crippen LogP contribution in [-0.2, 0) is 4.74 Å². The number of nitrogens with two attached hydrogens (primary N) is 1. The summed E-state index contributed by atoms with van der Waals surface area (Å²) in [6.07, 6.45) is 6.30. The number of nitrogens with zero attached hydrogens (tertiary/aromatic N) is 4. The average Bonchev–Trinajstić information content (AvgIpc) is 2.67. The SMILES string of the molecule is CC(C)(C)OC(=O)N1CCC(N=CC(=CN)c2cnc3ccc(Cl)nc3c2)CC1. The van der Waals surface area contributed by atoms with Gasteiger partial charge in [0.2, 0.25) is 0 Å². The van der Waals surface area contributed by atoms with Crippen molar-refractivity contribution in [2.45, 2.75) is 45.3 Å². The summed E-state index contributed by atoms with van der Waals surface area (Å²) in [6, 6.07) is 5.56. The van der Waals surface area contributed by atoms with Gasteiger partial charge >= 0.3 is 6.09 Å². The molecule has 1 fully saturated rings. The predicted molar refractivity (Wildman–Crippen MR) is 116 cm³/mol. The molecule has 2 aromatic heterocycles. The average molecular weight is 416 g/mol. The Morgan fingerprint density at radius 2 is 2.03 bits per heavy atom. The van der Waals surface area contributed by atoms with Crippen LogP contribution in [-0.4, -0.2) is 51.9 Å². The molecule has 1 saturated heterocycles. The zero-order valence-electron chi connectivity index (χ0n) is 16.9. The van der Waals surface area contributed by atoms with Gasteiger partial charge < -0.3 is 15.4 Å². The first-order chi connectivity index (χ1) is 13.7. The monoisotopic (exact) mass is 415 g/mol. The van der Waals surface area contributed by atoms with E-state index in [2.05, 4.69) is 15.0 Å². The summed E-state index contributed by atoms with van der Waals surface area (Å²) in [4.78, 5) is 27.3. The normalized spacial score (nSPS) is 16.6. The van der Waals surface area contributed by atoms with Crippen LogP contribution >= 0.6 is 11.6 Å². The van der Waals surface area contributed by atoms with Crippen molar-refractivity contribution in [3.63, 3.8) is 0 Å². The molecule has 0 spiro atoms. The molecule has 8 heteroatoms. The first-order valence-corrected chi connectivity index (χ1v) is 9.98. The summed E-state index contributed by atoms with van der Waals surface area (Å²) in [5, 5.41) is 0.417. The minimum atomic E-state index is -0.486. The molecule has 1 aliphatic rings. The third-order valence-electron chi connectivity index (χ3n) is 4.56. The quantitative estimate of drug-likeness (QED) is 0.602. The third kappa shape index (κ3) is 5.67. The van der Waals surface area contributed by atoms with Crippen molar-refractivity contribution in [1.82, 2.24) is 14.9 Å². The second-order valence-corrected chi connectivity index (χ2v) is 8.38. The van der Waals surface area contributed by atoms with Crippen LogP contribution < -0.4 is 5.73 Å². The van der Waals surface area contributed by atoms with E-state index in [1.807, 2.05) is 32.9 Å². The molecule has 7 nitrogen and oxygen atoms in total. The van der Waals surface area contributed by atoms with Crippen molar-refractivity contribution in [1.29, 1.82) is 0 Å². The Bertz CT molecular complexity index is 944. The summed E-state index contributed by atoms with van der Waals surface area (Å²) < 4.78 is 5.43. The Morgan fingerprint density at radius 3 is 2.69 bits per heavy atom. The van der Waals surface area contributed by atoms with Crippen LogP contribution in [0.2, 0.25) is 5.15 Å². The highest BCUT2D eigenvalue weighted by molar-refractivity contribution is 6.29. The molecule has 0 radical (unpaired) electrons. The summed E-state index contributed by atoms with van der Waals surface area (Å²) >= 11 is 5.98. The molecule has 1 amide bonds. The van der Waals surface area contributed by atoms with Crippen molar-refractivity contribution in [3.05, 3.63) is 41.3 Å². The Morgan fingerprint density at radius 1 is 1.31 bits per heavy atom. The Hall–Kier alpha value is -2.67. The molecule has 2 aromatic rings. The summed E-state index contributed by atoms with van der Waals surface area (Å²) in [6.45, 7) is 6.85. The minimum Gasteiger partial charge on any atom is -0.444 e. The fourth-order valence-corrected chi connectivity index (χ4v) is 3.22. The number of piperidine rings is 1. The number of aromatic nitrogens is 2. The number of pyridine rings is 2. The number of rotatable bonds is 3. The fraction of sp³-hybridized carbons (Fsp3) is 0.429. The molecule has 0 aromatic carbocycles. The number of carbonyl (C=O) groups excluding carboxylic acids is 1. The number of hydrogen-bond acceptors (Lipinski definition) is 6. The van der Waals surface area contributed by atoms with E-state index in [0.717, 1.165) is 29.5 Å². The Balaban J connectivity index is 1.63. The van der Waals surface area contributed by atoms with Crippen molar-refractivity contribution < 1.29 is 9.53 Å². The zero-order chi connectivity index (χ0) is 21.0. The predicted octanol–water partition coefficient (Wildman–Crippen LogP) is 4.05. The standard InChI is InChI=1S/C21H26ClN5O2/c1-21(2,3)29-20(28)27-8-6-16(7-9-27)24-13-15(11-23)14-10-18-17(25-12-14)4-5-19(22)26-18/h4-5,10-13,16H,6-9,23H2,1-3H3. The molecule has 0 saturated carbocycles. The van der Waals surface area contributed by atoms with Gasteiger partial charge in [0.25, 0.3) is 0 Å². The smallest absolute Gasteiger partial charge is 0.410 e. The van der Waals surface area contributed by atoms with E-state index < -0.39 is 5.60 Å². The lowest BCUT2D eigenvalue weighted by molar-refractivity contribution is 0.0207. The van der Waals surface area contributed by atoms with Gasteiger partial charge in [0.15, 0.2) is 0 Å². The lowest BCUT2D eigenvalue weighted by Gasteiger charge is -2.32. The van der Waals surface area contributed by atoms with E-state index in [4.69, 9.17) is 22.1 Å². The minimum absolute atomic E-state index is 0.129. The molecule has 3 heterocycles. The van der Waals surface area contributed by atoms with Crippen LogP contribution in [0.5, 0.6) is 0 Å². The van der Waals surface area contributed by atoms with Crippen molar-refractivity contribution >= 4 is 40.5 Å². The number of hydrogen-bond donors (Lipinski definition) is 1. The maximum Gasteiger partial charge on any atom is 0.410 e. The summed E-state index contributed by atoms with van der Waals surface area (Å²) in [5.41, 5.74) is 8.38. The highest BCUT2D eigenvalue weighted by atomic mass is 35.5. The van der Waals surface area contributed by atoms with Crippen molar-refractivity contribution in [2.75, 3.05) is 13.1 Å². The van der Waals surface area contributed by atoms with Crippen LogP contribution in [0.3, 0.4) is 0 Å². The zero-order valence-corrected chi connectivity index (χ0v) is 17.7. The molecule has 0 atom stereocenters. The molecular weight excluding hydrogens is 390 g/mol. The number of carbonyl (C=O) groups is 1. The van der Waals surface area contributed by atoms with Gasteiger partial charge in [-0.2, -0.15) is 0 Å². The highest BCUT2D eigenvalue weighted by Gasteiger charge is 2.26. The maximum atomic E-state index is 12.2. The van der Waals surface area contributed by atoms with E-state index in [9.17, 15) is 4.79 Å². The second kappa shape index (κ2) is 8.78. The molecule has 3 rings (SSSR count). The highest BCUT2D eigenvalue weighted by Crippen LogP contribution is 2.20. The lowest BCUT2D eigenvalue weighted by Crippen LogP contribution is -2.42. The van der Waals surface area contributed by atoms with Crippen LogP contribution in [0, 0.1) is 0 Å². The number of amides is 1. The molecule has 2 N–H and O–H groups in total. The topological polar surface area (TPSA) is 93.7 Å². The number of likely N-dealkylation sites (tertiary alicyclic amines) is 1. The van der Waals surface area contributed by atoms with Crippen molar-refractivity contribution in [3.8, 4) is 0 Å². The van der Waals surface area contributed by atoms with Gasteiger partial charge in [-0.3, -0.25) is 9.98 Å². The van der Waals surface area contributed by atoms with Gasteiger partial charge in [-0.15, -0.1) is 0 Å². The molecule has 1 aliphatic heterocycles. The molecule has 29 heavy (non-hydrogen) atoms. The molecule has 0 bridgehead atoms. The Kier molecular flexibility index (Phi) is 6.37. The number of allylic oxidation sites excluding steroid dienone is 1. The lowest BCUT2D eigenvalue weighted by atomic mass is 10.1. The summed E-state index contributed by atoms with van der Waals surface area (Å²) in [5.74, 6) is 0. The van der Waals surface area contributed by atoms with Crippen LogP contribution in [0.25, 0.3) is 16.6 Å². The van der Waals surface area contributed by atoms with Gasteiger partial charge in [-0.1, -0.05) is 11.6 Å². The first kappa shape index (κ1) is 21.0. The van der Waals surface area contributed by atoms with Gasteiger partial charge in [0.1, 0.15) is 10.8 Å². The number of aliphatic imine (C=N–C) groups is 1. The number of halogens is 1. The van der Waals surface area contributed by atoms with Crippen molar-refractivity contribution in [2.24, 2.45) is 10.7 Å². The number of ether oxygens (including phenoxy) is 1. The second-order valence-electron chi connectivity index (χ2n) is 7.99. The third-order valence-corrected chi connectivity index (χ3v) is 4.77. The van der Waals surface area contributed by atoms with E-state index in [0.29, 0.717) is 23.8 Å². The molecule has 0 unspecified atom stereocenters. The van der Waals surface area contributed by atoms with E-state index >= 15 is 0 Å². The van der Waals surface area contributed by atoms with Crippen LogP contribution in [0.1, 0.15) is 39.2 Å². The van der Waals surface area contributed by atoms with Crippen LogP contribution in [0.4, 0.5) is 4.79 Å². The van der Waals surface area contributed by atoms with E-state index in [1.54, 1.807) is 23.4 Å². The van der Waals surface area contributed by atoms with Gasteiger partial charge in [-0.05, 0) is 51.8 Å². The first-order valence-electron chi connectivity index (χ1n) is 9.61. The van der Waals surface area contributed by atoms with E-state index in [-0.39, 0.29) is 12.1 Å². The van der Waals surface area contributed by atoms with Crippen LogP contribution in [0.15, 0.2) is 35.6 Å². The van der Waals surface area contributed by atoms with Gasteiger partial charge in [-0.25, -0.2) is 9.78 Å². The molecule has 0 aliphatic carbocycles. The summed E-state index contributed by atoms with van der Waals surface area (Å²) in [7, 11) is 0. The molecule has 154 valence electrons. The number of fused-ring (bicyclic) bond motifs is 1. The maximum absolute atomic E-state index is 12.2. The fourth-order valence-electron chi connectivity index (χ4n) is 3.06. The molecular formula is C21H26ClN5O2. The van der Waals surface area contributed by atoms with E-state index in [1.165, 1.54) is 6.20 Å². The largest absolute Gasteiger partial charge is 0.444 e. The Labute approximate surface area is 175 Å².